The first-order valence-electron chi connectivity index (χ1n) is 4.93. The van der Waals surface area contributed by atoms with E-state index < -0.39 is 18.3 Å². The van der Waals surface area contributed by atoms with Gasteiger partial charge in [0.1, 0.15) is 11.6 Å². The van der Waals surface area contributed by atoms with Gasteiger partial charge in [0.05, 0.1) is 6.54 Å². The van der Waals surface area contributed by atoms with Gasteiger partial charge in [-0.05, 0) is 13.8 Å². The minimum atomic E-state index is -2.41. The lowest BCUT2D eigenvalue weighted by Gasteiger charge is -2.13. The van der Waals surface area contributed by atoms with E-state index in [0.29, 0.717) is 0 Å². The average Bonchev–Trinajstić information content (AvgIpc) is 2.46. The molecule has 0 aromatic heterocycles. The molecule has 1 saturated heterocycles. The lowest BCUT2D eigenvalue weighted by molar-refractivity contribution is -0.128. The lowest BCUT2D eigenvalue weighted by atomic mass is 9.90. The molecule has 5 heteroatoms. The molecule has 1 rings (SSSR count). The molecule has 86 valence electrons. The van der Waals surface area contributed by atoms with Crippen molar-refractivity contribution in [2.75, 3.05) is 19.6 Å². The first-order chi connectivity index (χ1) is 6.91. The standard InChI is InChI=1S/C10H15F2NO2/c1-6(14)8-3-13(5-10(11)12)4-9(8)7(2)15/h8-10H,3-5H2,1-2H3/t8-,9-/m1/s1. The molecule has 0 radical (unpaired) electrons. The maximum Gasteiger partial charge on any atom is 0.251 e. The Morgan fingerprint density at radius 3 is 1.87 bits per heavy atom. The van der Waals surface area contributed by atoms with Crippen molar-refractivity contribution in [2.24, 2.45) is 11.8 Å². The van der Waals surface area contributed by atoms with Gasteiger partial charge in [0.2, 0.25) is 0 Å². The zero-order valence-electron chi connectivity index (χ0n) is 8.87. The predicted octanol–water partition coefficient (Wildman–Crippen LogP) is 0.978. The normalized spacial score (nSPS) is 27.3. The highest BCUT2D eigenvalue weighted by Gasteiger charge is 2.38. The van der Waals surface area contributed by atoms with E-state index >= 15 is 0 Å². The van der Waals surface area contributed by atoms with Crippen LogP contribution in [0.4, 0.5) is 8.78 Å². The number of halogens is 2. The van der Waals surface area contributed by atoms with Crippen molar-refractivity contribution >= 4 is 11.6 Å². The molecule has 0 spiro atoms. The minimum absolute atomic E-state index is 0.0908. The van der Waals surface area contributed by atoms with Crippen LogP contribution in [0.2, 0.25) is 0 Å². The van der Waals surface area contributed by atoms with Crippen molar-refractivity contribution in [3.05, 3.63) is 0 Å². The molecule has 0 saturated carbocycles. The second-order valence-corrected chi connectivity index (χ2v) is 4.04. The summed E-state index contributed by atoms with van der Waals surface area (Å²) in [4.78, 5) is 23.9. The zero-order valence-corrected chi connectivity index (χ0v) is 8.87. The molecular formula is C10H15F2NO2. The number of carbonyl (C=O) groups excluding carboxylic acids is 2. The van der Waals surface area contributed by atoms with E-state index in [0.717, 1.165) is 0 Å². The molecule has 1 heterocycles. The van der Waals surface area contributed by atoms with E-state index in [9.17, 15) is 18.4 Å². The van der Waals surface area contributed by atoms with Crippen molar-refractivity contribution in [3.63, 3.8) is 0 Å². The molecular weight excluding hydrogens is 204 g/mol. The summed E-state index contributed by atoms with van der Waals surface area (Å²) in [7, 11) is 0. The topological polar surface area (TPSA) is 37.4 Å². The Kier molecular flexibility index (Phi) is 3.90. The highest BCUT2D eigenvalue weighted by Crippen LogP contribution is 2.25. The van der Waals surface area contributed by atoms with Gasteiger partial charge in [0.25, 0.3) is 6.43 Å². The second kappa shape index (κ2) is 4.79. The van der Waals surface area contributed by atoms with E-state index in [1.165, 1.54) is 18.7 Å². The van der Waals surface area contributed by atoms with E-state index in [-0.39, 0.29) is 31.2 Å². The van der Waals surface area contributed by atoms with Crippen LogP contribution in [0, 0.1) is 11.8 Å². The van der Waals surface area contributed by atoms with Crippen molar-refractivity contribution in [3.8, 4) is 0 Å². The van der Waals surface area contributed by atoms with E-state index in [2.05, 4.69) is 0 Å². The first-order valence-corrected chi connectivity index (χ1v) is 4.93. The Morgan fingerprint density at radius 2 is 1.60 bits per heavy atom. The Balaban J connectivity index is 2.65. The summed E-state index contributed by atoms with van der Waals surface area (Å²) in [5.74, 6) is -0.985. The van der Waals surface area contributed by atoms with Gasteiger partial charge in [0, 0.05) is 24.9 Å². The quantitative estimate of drug-likeness (QED) is 0.707. The molecule has 0 aromatic carbocycles. The number of rotatable bonds is 4. The first kappa shape index (κ1) is 12.2. The van der Waals surface area contributed by atoms with Crippen LogP contribution < -0.4 is 0 Å². The van der Waals surface area contributed by atoms with Crippen molar-refractivity contribution in [2.45, 2.75) is 20.3 Å². The van der Waals surface area contributed by atoms with Gasteiger partial charge in [-0.2, -0.15) is 0 Å². The summed E-state index contributed by atoms with van der Waals surface area (Å²) >= 11 is 0. The monoisotopic (exact) mass is 219 g/mol. The molecule has 3 nitrogen and oxygen atoms in total. The molecule has 0 N–H and O–H groups in total. The van der Waals surface area contributed by atoms with Crippen molar-refractivity contribution < 1.29 is 18.4 Å². The number of Topliss-reactive ketones (excluding diaryl/α,β-unsaturated/α-hetero) is 2. The Hall–Kier alpha value is -0.840. The van der Waals surface area contributed by atoms with E-state index in [1.807, 2.05) is 0 Å². The number of nitrogens with zero attached hydrogens (tertiary/aromatic N) is 1. The number of ketones is 2. The third kappa shape index (κ3) is 3.06. The van der Waals surface area contributed by atoms with E-state index in [4.69, 9.17) is 0 Å². The number of alkyl halides is 2. The van der Waals surface area contributed by atoms with Crippen molar-refractivity contribution in [1.29, 1.82) is 0 Å². The smallest absolute Gasteiger partial charge is 0.251 e. The molecule has 0 aliphatic carbocycles. The summed E-state index contributed by atoms with van der Waals surface area (Å²) < 4.78 is 24.3. The van der Waals surface area contributed by atoms with Crippen LogP contribution in [0.1, 0.15) is 13.8 Å². The van der Waals surface area contributed by atoms with Crippen LogP contribution in [-0.2, 0) is 9.59 Å². The number of likely N-dealkylation sites (tertiary alicyclic amines) is 1. The molecule has 0 aromatic rings. The third-order valence-electron chi connectivity index (χ3n) is 2.84. The summed E-state index contributed by atoms with van der Waals surface area (Å²) in [5.41, 5.74) is 0. The predicted molar refractivity (Wildman–Crippen MR) is 50.8 cm³/mol. The minimum Gasteiger partial charge on any atom is -0.300 e. The third-order valence-corrected chi connectivity index (χ3v) is 2.84. The van der Waals surface area contributed by atoms with Gasteiger partial charge >= 0.3 is 0 Å². The molecule has 1 fully saturated rings. The molecule has 0 bridgehead atoms. The second-order valence-electron chi connectivity index (χ2n) is 4.04. The number of carbonyl (C=O) groups is 2. The number of hydrogen-bond acceptors (Lipinski definition) is 3. The maximum atomic E-state index is 12.1. The Bertz CT molecular complexity index is 246. The maximum absolute atomic E-state index is 12.1. The van der Waals surface area contributed by atoms with Crippen LogP contribution in [0.15, 0.2) is 0 Å². The van der Waals surface area contributed by atoms with Crippen LogP contribution in [0.3, 0.4) is 0 Å². The molecule has 15 heavy (non-hydrogen) atoms. The van der Waals surface area contributed by atoms with Gasteiger partial charge < -0.3 is 0 Å². The summed E-state index contributed by atoms with van der Waals surface area (Å²) in [6.45, 7) is 3.03. The molecule has 0 unspecified atom stereocenters. The van der Waals surface area contributed by atoms with Gasteiger partial charge in [-0.3, -0.25) is 14.5 Å². The van der Waals surface area contributed by atoms with Gasteiger partial charge in [-0.15, -0.1) is 0 Å². The summed E-state index contributed by atoms with van der Waals surface area (Å²) in [6.07, 6.45) is -2.41. The van der Waals surface area contributed by atoms with Gasteiger partial charge in [0.15, 0.2) is 0 Å². The highest BCUT2D eigenvalue weighted by atomic mass is 19.3. The van der Waals surface area contributed by atoms with Crippen LogP contribution in [-0.4, -0.2) is 42.5 Å². The van der Waals surface area contributed by atoms with Gasteiger partial charge in [-0.25, -0.2) is 8.78 Å². The highest BCUT2D eigenvalue weighted by molar-refractivity contribution is 5.88. The fourth-order valence-corrected chi connectivity index (χ4v) is 2.05. The Morgan fingerprint density at radius 1 is 1.20 bits per heavy atom. The van der Waals surface area contributed by atoms with Crippen LogP contribution in [0.5, 0.6) is 0 Å². The fourth-order valence-electron chi connectivity index (χ4n) is 2.05. The average molecular weight is 219 g/mol. The van der Waals surface area contributed by atoms with Crippen LogP contribution in [0.25, 0.3) is 0 Å². The largest absolute Gasteiger partial charge is 0.300 e. The zero-order chi connectivity index (χ0) is 11.6. The number of hydrogen-bond donors (Lipinski definition) is 0. The van der Waals surface area contributed by atoms with Crippen molar-refractivity contribution in [1.82, 2.24) is 4.90 Å². The molecule has 0 amide bonds. The molecule has 2 atom stereocenters. The summed E-state index contributed by atoms with van der Waals surface area (Å²) in [6, 6.07) is 0. The SMILES string of the molecule is CC(=O)[C@H]1CN(CC(F)F)C[C@@H]1C(C)=O. The molecule has 1 aliphatic rings. The molecule has 1 aliphatic heterocycles. The van der Waals surface area contributed by atoms with Gasteiger partial charge in [-0.1, -0.05) is 0 Å². The summed E-state index contributed by atoms with van der Waals surface area (Å²) in [5, 5.41) is 0. The van der Waals surface area contributed by atoms with E-state index in [1.54, 1.807) is 0 Å². The Labute approximate surface area is 87.4 Å². The lowest BCUT2D eigenvalue weighted by Crippen LogP contribution is -2.27. The fraction of sp³-hybridized carbons (Fsp3) is 0.800. The van der Waals surface area contributed by atoms with Crippen LogP contribution >= 0.6 is 0 Å².